The Hall–Kier alpha value is -3.98. The molecule has 0 bridgehead atoms. The maximum atomic E-state index is 12.6. The monoisotopic (exact) mass is 536 g/mol. The fraction of sp³-hybridized carbons (Fsp3) is 0.565. The number of anilines is 2. The predicted octanol–water partition coefficient (Wildman–Crippen LogP) is 1.78. The number of nitrogens with two attached hydrogens (primary N) is 1. The van der Waals surface area contributed by atoms with Crippen molar-refractivity contribution in [3.63, 3.8) is 0 Å². The van der Waals surface area contributed by atoms with Crippen molar-refractivity contribution in [1.82, 2.24) is 14.5 Å². The second-order valence-corrected chi connectivity index (χ2v) is 9.78. The van der Waals surface area contributed by atoms with E-state index in [2.05, 4.69) is 20.7 Å². The summed E-state index contributed by atoms with van der Waals surface area (Å²) in [4.78, 5) is 56.7. The Balaban J connectivity index is 2.18. The van der Waals surface area contributed by atoms with Crippen LogP contribution >= 0.6 is 0 Å². The number of esters is 3. The molecule has 38 heavy (non-hydrogen) atoms. The number of rotatable bonds is 7. The average Bonchev–Trinajstić information content (AvgIpc) is 3.25. The Kier molecular flexibility index (Phi) is 8.12. The van der Waals surface area contributed by atoms with E-state index >= 15 is 0 Å². The van der Waals surface area contributed by atoms with Crippen LogP contribution in [0.25, 0.3) is 11.0 Å². The standard InChI is InChI=1S/C23H32N6O9/c1-11(30)34-9-15-17(35-12(2)31)23(7,37-13(3)32)20(36-15)29-8-14(27-21(33)38-22(4,5)6)16-18(28-24)25-10-26-19(16)29/h8,10,15,17,20H,9,24H2,1-7H3,(H,27,33)(H,25,26,28)/t15-,17-,20-,23-/m1/s1. The zero-order chi connectivity index (χ0) is 28.4. The first-order valence-corrected chi connectivity index (χ1v) is 11.6. The highest BCUT2D eigenvalue weighted by Crippen LogP contribution is 2.46. The molecule has 2 aromatic heterocycles. The van der Waals surface area contributed by atoms with Gasteiger partial charge in [-0.3, -0.25) is 24.3 Å². The Bertz CT molecular complexity index is 1240. The lowest BCUT2D eigenvalue weighted by atomic mass is 9.95. The van der Waals surface area contributed by atoms with Crippen molar-refractivity contribution >= 4 is 46.5 Å². The molecule has 0 unspecified atom stereocenters. The van der Waals surface area contributed by atoms with E-state index in [4.69, 9.17) is 29.5 Å². The molecule has 1 saturated heterocycles. The third-order valence-corrected chi connectivity index (χ3v) is 5.44. The van der Waals surface area contributed by atoms with Gasteiger partial charge in [0.15, 0.2) is 23.8 Å². The van der Waals surface area contributed by atoms with Crippen LogP contribution in [0.15, 0.2) is 12.5 Å². The van der Waals surface area contributed by atoms with Gasteiger partial charge in [-0.05, 0) is 27.7 Å². The summed E-state index contributed by atoms with van der Waals surface area (Å²) in [5.41, 5.74) is 0.467. The summed E-state index contributed by atoms with van der Waals surface area (Å²) in [6.45, 7) is 9.93. The molecule has 15 heteroatoms. The van der Waals surface area contributed by atoms with Crippen LogP contribution < -0.4 is 16.6 Å². The second-order valence-electron chi connectivity index (χ2n) is 9.78. The smallest absolute Gasteiger partial charge is 0.412 e. The van der Waals surface area contributed by atoms with Gasteiger partial charge >= 0.3 is 24.0 Å². The summed E-state index contributed by atoms with van der Waals surface area (Å²) in [6, 6.07) is 0. The van der Waals surface area contributed by atoms with Crippen LogP contribution in [0.3, 0.4) is 0 Å². The predicted molar refractivity (Wildman–Crippen MR) is 131 cm³/mol. The van der Waals surface area contributed by atoms with E-state index in [1.807, 2.05) is 0 Å². The molecule has 0 spiro atoms. The topological polar surface area (TPSA) is 195 Å². The van der Waals surface area contributed by atoms with Crippen molar-refractivity contribution in [2.24, 2.45) is 5.84 Å². The SMILES string of the molecule is CC(=O)OC[C@H]1O[C@@H](n2cc(NC(=O)OC(C)(C)C)c3c(NN)ncnc32)[C@](C)(OC(C)=O)[C@@H]1OC(C)=O. The van der Waals surface area contributed by atoms with Crippen LogP contribution in [-0.4, -0.2) is 68.6 Å². The fourth-order valence-electron chi connectivity index (χ4n) is 4.22. The number of hydrazine groups is 1. The van der Waals surface area contributed by atoms with Crippen molar-refractivity contribution in [1.29, 1.82) is 0 Å². The number of nitrogens with one attached hydrogen (secondary N) is 2. The van der Waals surface area contributed by atoms with Gasteiger partial charge in [-0.15, -0.1) is 0 Å². The Morgan fingerprint density at radius 1 is 1.13 bits per heavy atom. The molecular weight excluding hydrogens is 504 g/mol. The van der Waals surface area contributed by atoms with Gasteiger partial charge < -0.3 is 29.1 Å². The first kappa shape index (κ1) is 28.6. The summed E-state index contributed by atoms with van der Waals surface area (Å²) < 4.78 is 29.3. The highest BCUT2D eigenvalue weighted by molar-refractivity contribution is 6.04. The van der Waals surface area contributed by atoms with E-state index in [1.54, 1.807) is 20.8 Å². The van der Waals surface area contributed by atoms with Crippen LogP contribution in [0.5, 0.6) is 0 Å². The van der Waals surface area contributed by atoms with Crippen LogP contribution in [0.2, 0.25) is 0 Å². The summed E-state index contributed by atoms with van der Waals surface area (Å²) >= 11 is 0. The first-order chi connectivity index (χ1) is 17.7. The number of fused-ring (bicyclic) bond motifs is 1. The summed E-state index contributed by atoms with van der Waals surface area (Å²) in [5, 5.41) is 2.94. The van der Waals surface area contributed by atoms with E-state index in [9.17, 15) is 19.2 Å². The van der Waals surface area contributed by atoms with Crippen LogP contribution in [-0.2, 0) is 38.1 Å². The van der Waals surface area contributed by atoms with Crippen LogP contribution in [0.4, 0.5) is 16.3 Å². The highest BCUT2D eigenvalue weighted by atomic mass is 16.7. The Morgan fingerprint density at radius 3 is 2.37 bits per heavy atom. The van der Waals surface area contributed by atoms with Gasteiger partial charge in [0.2, 0.25) is 0 Å². The lowest BCUT2D eigenvalue weighted by Gasteiger charge is -2.34. The van der Waals surface area contributed by atoms with E-state index in [-0.39, 0.29) is 23.8 Å². The number of hydrogen-bond donors (Lipinski definition) is 3. The van der Waals surface area contributed by atoms with Crippen molar-refractivity contribution < 1.29 is 42.9 Å². The molecule has 1 amide bonds. The number of amides is 1. The molecule has 1 aliphatic rings. The van der Waals surface area contributed by atoms with E-state index in [0.717, 1.165) is 0 Å². The zero-order valence-electron chi connectivity index (χ0n) is 22.2. The zero-order valence-corrected chi connectivity index (χ0v) is 22.2. The van der Waals surface area contributed by atoms with Gasteiger partial charge in [-0.1, -0.05) is 0 Å². The van der Waals surface area contributed by atoms with Crippen molar-refractivity contribution in [2.75, 3.05) is 17.3 Å². The lowest BCUT2D eigenvalue weighted by molar-refractivity contribution is -0.184. The molecule has 0 aliphatic carbocycles. The maximum absolute atomic E-state index is 12.6. The van der Waals surface area contributed by atoms with Crippen molar-refractivity contribution in [2.45, 2.75) is 78.1 Å². The molecule has 0 saturated carbocycles. The molecule has 2 aromatic rings. The van der Waals surface area contributed by atoms with E-state index in [0.29, 0.717) is 5.39 Å². The first-order valence-electron chi connectivity index (χ1n) is 11.6. The summed E-state index contributed by atoms with van der Waals surface area (Å²) in [7, 11) is 0. The molecule has 1 aliphatic heterocycles. The fourth-order valence-corrected chi connectivity index (χ4v) is 4.22. The second kappa shape index (κ2) is 10.8. The molecule has 208 valence electrons. The van der Waals surface area contributed by atoms with Crippen LogP contribution in [0.1, 0.15) is 54.7 Å². The van der Waals surface area contributed by atoms with Gasteiger partial charge in [0.1, 0.15) is 30.3 Å². The number of aromatic nitrogens is 3. The lowest BCUT2D eigenvalue weighted by Crippen LogP contribution is -2.50. The molecule has 0 radical (unpaired) electrons. The molecule has 3 heterocycles. The number of carbonyl (C=O) groups is 4. The molecule has 15 nitrogen and oxygen atoms in total. The molecule has 0 aromatic carbocycles. The minimum absolute atomic E-state index is 0.167. The third kappa shape index (κ3) is 6.11. The van der Waals surface area contributed by atoms with Gasteiger partial charge in [0, 0.05) is 27.0 Å². The number of hydrogen-bond acceptors (Lipinski definition) is 13. The highest BCUT2D eigenvalue weighted by Gasteiger charge is 2.60. The molecule has 3 rings (SSSR count). The largest absolute Gasteiger partial charge is 0.463 e. The minimum Gasteiger partial charge on any atom is -0.463 e. The van der Waals surface area contributed by atoms with Gasteiger partial charge in [0.05, 0.1) is 11.1 Å². The Labute approximate surface area is 218 Å². The average molecular weight is 537 g/mol. The molecule has 4 N–H and O–H groups in total. The van der Waals surface area contributed by atoms with Gasteiger partial charge in [-0.2, -0.15) is 0 Å². The van der Waals surface area contributed by atoms with E-state index in [1.165, 1.54) is 44.8 Å². The van der Waals surface area contributed by atoms with E-state index < -0.39 is 53.6 Å². The number of nitrogen functional groups attached to an aromatic ring is 1. The summed E-state index contributed by atoms with van der Waals surface area (Å²) in [6.07, 6.45) is -1.44. The summed E-state index contributed by atoms with van der Waals surface area (Å²) in [5.74, 6) is 3.88. The number of ether oxygens (including phenoxy) is 5. The third-order valence-electron chi connectivity index (χ3n) is 5.44. The quantitative estimate of drug-likeness (QED) is 0.201. The van der Waals surface area contributed by atoms with Gasteiger partial charge in [0.25, 0.3) is 0 Å². The van der Waals surface area contributed by atoms with Crippen LogP contribution in [0, 0.1) is 0 Å². The normalized spacial score (nSPS) is 23.0. The molecular formula is C23H32N6O9. The number of carbonyl (C=O) groups excluding carboxylic acids is 4. The Morgan fingerprint density at radius 2 is 1.82 bits per heavy atom. The van der Waals surface area contributed by atoms with Crippen molar-refractivity contribution in [3.8, 4) is 0 Å². The minimum atomic E-state index is -1.63. The molecule has 1 fully saturated rings. The number of nitrogens with zero attached hydrogens (tertiary/aromatic N) is 3. The van der Waals surface area contributed by atoms with Crippen molar-refractivity contribution in [3.05, 3.63) is 12.5 Å². The molecule has 4 atom stereocenters. The maximum Gasteiger partial charge on any atom is 0.412 e. The van der Waals surface area contributed by atoms with Gasteiger partial charge in [-0.25, -0.2) is 20.6 Å².